The van der Waals surface area contributed by atoms with Crippen LogP contribution in [0.15, 0.2) is 36.5 Å². The molecule has 1 N–H and O–H groups in total. The quantitative estimate of drug-likeness (QED) is 0.864. The molecule has 0 bridgehead atoms. The molecule has 0 radical (unpaired) electrons. The fourth-order valence-electron chi connectivity index (χ4n) is 2.65. The van der Waals surface area contributed by atoms with Crippen molar-refractivity contribution in [1.82, 2.24) is 9.88 Å². The van der Waals surface area contributed by atoms with Crippen molar-refractivity contribution < 1.29 is 9.90 Å². The molecule has 1 saturated heterocycles. The van der Waals surface area contributed by atoms with E-state index in [9.17, 15) is 9.90 Å². The lowest BCUT2D eigenvalue weighted by Crippen LogP contribution is -2.45. The Morgan fingerprint density at radius 2 is 2.00 bits per heavy atom. The van der Waals surface area contributed by atoms with Crippen molar-refractivity contribution >= 4 is 16.8 Å². The van der Waals surface area contributed by atoms with Crippen molar-refractivity contribution in [3.63, 3.8) is 0 Å². The molecular weight excluding hydrogens is 252 g/mol. The zero-order valence-corrected chi connectivity index (χ0v) is 11.5. The van der Waals surface area contributed by atoms with Crippen LogP contribution in [-0.4, -0.2) is 39.6 Å². The molecular formula is C16H18N2O2. The van der Waals surface area contributed by atoms with Gasteiger partial charge in [-0.1, -0.05) is 12.1 Å². The van der Waals surface area contributed by atoms with Crippen LogP contribution in [0.4, 0.5) is 0 Å². The van der Waals surface area contributed by atoms with E-state index < -0.39 is 5.60 Å². The third-order valence-corrected chi connectivity index (χ3v) is 4.00. The van der Waals surface area contributed by atoms with Crippen LogP contribution in [0.3, 0.4) is 0 Å². The maximum Gasteiger partial charge on any atom is 0.254 e. The number of pyridine rings is 1. The molecule has 1 aromatic heterocycles. The lowest BCUT2D eigenvalue weighted by molar-refractivity contribution is -0.00196. The number of hydrogen-bond donors (Lipinski definition) is 1. The topological polar surface area (TPSA) is 53.4 Å². The smallest absolute Gasteiger partial charge is 0.254 e. The number of amides is 1. The second kappa shape index (κ2) is 4.87. The summed E-state index contributed by atoms with van der Waals surface area (Å²) in [4.78, 5) is 18.7. The molecule has 4 nitrogen and oxygen atoms in total. The van der Waals surface area contributed by atoms with Crippen LogP contribution in [0.25, 0.3) is 10.9 Å². The molecule has 1 aromatic carbocycles. The zero-order valence-electron chi connectivity index (χ0n) is 11.5. The SMILES string of the molecule is CC1(O)CCN(C(=O)c2cccc3ncccc23)CC1. The minimum atomic E-state index is -0.642. The van der Waals surface area contributed by atoms with Crippen molar-refractivity contribution in [3.05, 3.63) is 42.1 Å². The van der Waals surface area contributed by atoms with E-state index in [1.165, 1.54) is 0 Å². The minimum Gasteiger partial charge on any atom is -0.390 e. The van der Waals surface area contributed by atoms with Gasteiger partial charge in [-0.05, 0) is 38.0 Å². The average molecular weight is 270 g/mol. The lowest BCUT2D eigenvalue weighted by atomic mass is 9.93. The van der Waals surface area contributed by atoms with E-state index in [1.807, 2.05) is 42.2 Å². The summed E-state index contributed by atoms with van der Waals surface area (Å²) in [6.07, 6.45) is 2.98. The Hall–Kier alpha value is -1.94. The third kappa shape index (κ3) is 2.39. The molecule has 0 aliphatic carbocycles. The van der Waals surface area contributed by atoms with Gasteiger partial charge in [0, 0.05) is 30.2 Å². The highest BCUT2D eigenvalue weighted by Crippen LogP contribution is 2.24. The number of hydrogen-bond acceptors (Lipinski definition) is 3. The van der Waals surface area contributed by atoms with E-state index >= 15 is 0 Å². The standard InChI is InChI=1S/C16H18N2O2/c1-16(20)7-10-18(11-8-16)15(19)13-4-2-6-14-12(13)5-3-9-17-14/h2-6,9,20H,7-8,10-11H2,1H3. The molecule has 4 heteroatoms. The number of likely N-dealkylation sites (tertiary alicyclic amines) is 1. The summed E-state index contributed by atoms with van der Waals surface area (Å²) < 4.78 is 0. The second-order valence-electron chi connectivity index (χ2n) is 5.66. The Kier molecular flexibility index (Phi) is 3.18. The first-order valence-electron chi connectivity index (χ1n) is 6.92. The molecule has 3 rings (SSSR count). The molecule has 1 amide bonds. The summed E-state index contributed by atoms with van der Waals surface area (Å²) in [5.41, 5.74) is 0.886. The highest BCUT2D eigenvalue weighted by molar-refractivity contribution is 6.06. The summed E-state index contributed by atoms with van der Waals surface area (Å²) in [5.74, 6) is 0.0269. The summed E-state index contributed by atoms with van der Waals surface area (Å²) in [6.45, 7) is 3.03. The fraction of sp³-hybridized carbons (Fsp3) is 0.375. The first-order chi connectivity index (χ1) is 9.57. The summed E-state index contributed by atoms with van der Waals surface area (Å²) in [7, 11) is 0. The van der Waals surface area contributed by atoms with E-state index in [4.69, 9.17) is 0 Å². The van der Waals surface area contributed by atoms with Gasteiger partial charge < -0.3 is 10.0 Å². The molecule has 0 unspecified atom stereocenters. The van der Waals surface area contributed by atoms with Gasteiger partial charge in [0.1, 0.15) is 0 Å². The maximum absolute atomic E-state index is 12.6. The van der Waals surface area contributed by atoms with Crippen LogP contribution in [-0.2, 0) is 0 Å². The van der Waals surface area contributed by atoms with Crippen LogP contribution >= 0.6 is 0 Å². The summed E-state index contributed by atoms with van der Waals surface area (Å²) in [5, 5.41) is 10.9. The van der Waals surface area contributed by atoms with Crippen LogP contribution in [0.1, 0.15) is 30.1 Å². The van der Waals surface area contributed by atoms with Gasteiger partial charge >= 0.3 is 0 Å². The number of fused-ring (bicyclic) bond motifs is 1. The molecule has 0 spiro atoms. The van der Waals surface area contributed by atoms with Gasteiger partial charge in [0.25, 0.3) is 5.91 Å². The number of aromatic nitrogens is 1. The van der Waals surface area contributed by atoms with Gasteiger partial charge in [-0.25, -0.2) is 0 Å². The number of rotatable bonds is 1. The Balaban J connectivity index is 1.90. The highest BCUT2D eigenvalue weighted by atomic mass is 16.3. The van der Waals surface area contributed by atoms with Crippen molar-refractivity contribution in [2.45, 2.75) is 25.4 Å². The monoisotopic (exact) mass is 270 g/mol. The van der Waals surface area contributed by atoms with E-state index in [2.05, 4.69) is 4.98 Å². The second-order valence-corrected chi connectivity index (χ2v) is 5.66. The van der Waals surface area contributed by atoms with Crippen molar-refractivity contribution in [1.29, 1.82) is 0 Å². The maximum atomic E-state index is 12.6. The van der Waals surface area contributed by atoms with Crippen LogP contribution in [0.2, 0.25) is 0 Å². The highest BCUT2D eigenvalue weighted by Gasteiger charge is 2.30. The third-order valence-electron chi connectivity index (χ3n) is 4.00. The number of piperidine rings is 1. The largest absolute Gasteiger partial charge is 0.390 e. The van der Waals surface area contributed by atoms with Crippen LogP contribution in [0, 0.1) is 0 Å². The Labute approximate surface area is 118 Å². The van der Waals surface area contributed by atoms with Gasteiger partial charge in [0.15, 0.2) is 0 Å². The average Bonchev–Trinajstić information content (AvgIpc) is 2.46. The molecule has 1 aliphatic rings. The summed E-state index contributed by atoms with van der Waals surface area (Å²) in [6, 6.07) is 9.39. The van der Waals surface area contributed by atoms with Gasteiger partial charge in [0.2, 0.25) is 0 Å². The van der Waals surface area contributed by atoms with Crippen molar-refractivity contribution in [3.8, 4) is 0 Å². The lowest BCUT2D eigenvalue weighted by Gasteiger charge is -2.35. The molecule has 2 aromatic rings. The Morgan fingerprint density at radius 1 is 1.25 bits per heavy atom. The number of aliphatic hydroxyl groups is 1. The molecule has 20 heavy (non-hydrogen) atoms. The number of nitrogens with zero attached hydrogens (tertiary/aromatic N) is 2. The van der Waals surface area contributed by atoms with Gasteiger partial charge in [-0.3, -0.25) is 9.78 Å². The predicted octanol–water partition coefficient (Wildman–Crippen LogP) is 2.22. The molecule has 0 atom stereocenters. The summed E-state index contributed by atoms with van der Waals surface area (Å²) >= 11 is 0. The fourth-order valence-corrected chi connectivity index (χ4v) is 2.65. The van der Waals surface area contributed by atoms with Gasteiger partial charge in [0.05, 0.1) is 11.1 Å². The van der Waals surface area contributed by atoms with Crippen molar-refractivity contribution in [2.24, 2.45) is 0 Å². The van der Waals surface area contributed by atoms with E-state index in [1.54, 1.807) is 6.20 Å². The first kappa shape index (κ1) is 13.1. The minimum absolute atomic E-state index is 0.0269. The normalized spacial score (nSPS) is 18.2. The molecule has 104 valence electrons. The first-order valence-corrected chi connectivity index (χ1v) is 6.92. The Morgan fingerprint density at radius 3 is 2.75 bits per heavy atom. The van der Waals surface area contributed by atoms with Crippen LogP contribution in [0.5, 0.6) is 0 Å². The predicted molar refractivity (Wildman–Crippen MR) is 77.5 cm³/mol. The molecule has 1 aliphatic heterocycles. The number of carbonyl (C=O) groups excluding carboxylic acids is 1. The molecule has 1 fully saturated rings. The number of carbonyl (C=O) groups is 1. The number of benzene rings is 1. The van der Waals surface area contributed by atoms with E-state index in [0.29, 0.717) is 31.5 Å². The zero-order chi connectivity index (χ0) is 14.2. The van der Waals surface area contributed by atoms with Crippen molar-refractivity contribution in [2.75, 3.05) is 13.1 Å². The van der Waals surface area contributed by atoms with Crippen LogP contribution < -0.4 is 0 Å². The Bertz CT molecular complexity index is 636. The molecule has 2 heterocycles. The molecule has 0 saturated carbocycles. The van der Waals surface area contributed by atoms with Gasteiger partial charge in [-0.15, -0.1) is 0 Å². The van der Waals surface area contributed by atoms with Gasteiger partial charge in [-0.2, -0.15) is 0 Å². The van der Waals surface area contributed by atoms with E-state index in [0.717, 1.165) is 10.9 Å². The van der Waals surface area contributed by atoms with E-state index in [-0.39, 0.29) is 5.91 Å².